The van der Waals surface area contributed by atoms with Crippen LogP contribution in [-0.4, -0.2) is 46.1 Å². The van der Waals surface area contributed by atoms with Gasteiger partial charge in [-0.25, -0.2) is 9.97 Å². The lowest BCUT2D eigenvalue weighted by atomic mass is 10.1. The second-order valence-electron chi connectivity index (χ2n) is 4.55. The summed E-state index contributed by atoms with van der Waals surface area (Å²) in [5.74, 6) is -0.917. The van der Waals surface area contributed by atoms with E-state index in [-0.39, 0.29) is 18.7 Å². The van der Waals surface area contributed by atoms with Gasteiger partial charge in [-0.15, -0.1) is 0 Å². The Hall–Kier alpha value is -1.86. The molecular weight excluding hydrogens is 275 g/mol. The van der Waals surface area contributed by atoms with Gasteiger partial charge < -0.3 is 9.64 Å². The predicted octanol–water partition coefficient (Wildman–Crippen LogP) is 1.80. The monoisotopic (exact) mass is 289 g/mol. The molecule has 0 saturated carbocycles. The Morgan fingerprint density at radius 2 is 2.10 bits per heavy atom. The van der Waals surface area contributed by atoms with E-state index in [2.05, 4.69) is 9.97 Å². The van der Waals surface area contributed by atoms with Crippen LogP contribution in [-0.2, 0) is 4.79 Å². The van der Waals surface area contributed by atoms with Gasteiger partial charge in [0.2, 0.25) is 5.91 Å². The number of hydrogen-bond acceptors (Lipinski definition) is 4. The summed E-state index contributed by atoms with van der Waals surface area (Å²) < 4.78 is 42.1. The highest BCUT2D eigenvalue weighted by atomic mass is 19.4. The minimum Gasteiger partial charge on any atom is -0.458 e. The van der Waals surface area contributed by atoms with E-state index in [9.17, 15) is 18.0 Å². The molecule has 1 aliphatic heterocycles. The number of ether oxygens (including phenoxy) is 1. The molecule has 20 heavy (non-hydrogen) atoms. The first-order valence-electron chi connectivity index (χ1n) is 6.22. The molecule has 1 amide bonds. The first kappa shape index (κ1) is 14.5. The summed E-state index contributed by atoms with van der Waals surface area (Å²) in [6, 6.07) is 1.80. The number of halogens is 3. The lowest BCUT2D eigenvalue weighted by molar-refractivity contribution is -0.163. The molecule has 1 fully saturated rings. The van der Waals surface area contributed by atoms with Crippen molar-refractivity contribution in [2.75, 3.05) is 13.1 Å². The number of piperidine rings is 1. The first-order valence-corrected chi connectivity index (χ1v) is 6.22. The number of carbonyl (C=O) groups is 1. The van der Waals surface area contributed by atoms with E-state index in [0.717, 1.165) is 0 Å². The predicted molar refractivity (Wildman–Crippen MR) is 62.9 cm³/mol. The molecular formula is C12H14F3N3O2. The quantitative estimate of drug-likeness (QED) is 0.851. The highest BCUT2D eigenvalue weighted by Gasteiger charge is 2.35. The largest absolute Gasteiger partial charge is 0.458 e. The van der Waals surface area contributed by atoms with Crippen molar-refractivity contribution in [3.05, 3.63) is 18.5 Å². The molecule has 0 unspecified atom stereocenters. The summed E-state index contributed by atoms with van der Waals surface area (Å²) >= 11 is 0. The molecule has 1 aromatic rings. The molecule has 1 saturated heterocycles. The molecule has 0 spiro atoms. The molecule has 110 valence electrons. The third-order valence-corrected chi connectivity index (χ3v) is 2.90. The zero-order valence-electron chi connectivity index (χ0n) is 10.6. The average Bonchev–Trinajstić information content (AvgIpc) is 2.38. The Balaban J connectivity index is 1.90. The van der Waals surface area contributed by atoms with Gasteiger partial charge in [-0.1, -0.05) is 0 Å². The molecule has 0 aliphatic carbocycles. The van der Waals surface area contributed by atoms with Crippen LogP contribution in [0.25, 0.3) is 0 Å². The molecule has 0 aromatic carbocycles. The fraction of sp³-hybridized carbons (Fsp3) is 0.583. The maximum atomic E-state index is 12.2. The summed E-state index contributed by atoms with van der Waals surface area (Å²) in [4.78, 5) is 20.5. The smallest absolute Gasteiger partial charge is 0.397 e. The number of alkyl halides is 3. The topological polar surface area (TPSA) is 55.3 Å². The lowest BCUT2D eigenvalue weighted by Gasteiger charge is -2.32. The number of nitrogens with zero attached hydrogens (tertiary/aromatic N) is 3. The van der Waals surface area contributed by atoms with E-state index in [1.807, 2.05) is 0 Å². The van der Waals surface area contributed by atoms with E-state index in [4.69, 9.17) is 4.74 Å². The number of likely N-dealkylation sites (tertiary alicyclic amines) is 1. The highest BCUT2D eigenvalue weighted by molar-refractivity contribution is 5.77. The Labute approximate surface area is 113 Å². The molecule has 1 atom stereocenters. The standard InChI is InChI=1S/C12H14F3N3O2/c13-12(14,15)7-10(19)18-6-1-3-9(8-18)20-11-16-4-2-5-17-11/h2,4-5,9H,1,3,6-8H2/t9-/m1/s1. The van der Waals surface area contributed by atoms with Crippen LogP contribution in [0.15, 0.2) is 18.5 Å². The molecule has 0 bridgehead atoms. The van der Waals surface area contributed by atoms with Gasteiger partial charge in [-0.2, -0.15) is 13.2 Å². The highest BCUT2D eigenvalue weighted by Crippen LogP contribution is 2.23. The normalized spacial score (nSPS) is 19.8. The van der Waals surface area contributed by atoms with Crippen molar-refractivity contribution in [1.29, 1.82) is 0 Å². The van der Waals surface area contributed by atoms with Crippen LogP contribution in [0.3, 0.4) is 0 Å². The zero-order valence-corrected chi connectivity index (χ0v) is 10.6. The van der Waals surface area contributed by atoms with Gasteiger partial charge in [0.05, 0.1) is 6.54 Å². The van der Waals surface area contributed by atoms with Crippen LogP contribution in [0.4, 0.5) is 13.2 Å². The molecule has 1 aromatic heterocycles. The van der Waals surface area contributed by atoms with E-state index < -0.39 is 18.5 Å². The Kier molecular flexibility index (Phi) is 4.41. The van der Waals surface area contributed by atoms with Crippen LogP contribution >= 0.6 is 0 Å². The second-order valence-corrected chi connectivity index (χ2v) is 4.55. The molecule has 5 nitrogen and oxygen atoms in total. The summed E-state index contributed by atoms with van der Waals surface area (Å²) in [6.07, 6.45) is -2.00. The summed E-state index contributed by atoms with van der Waals surface area (Å²) in [6.45, 7) is 0.456. The summed E-state index contributed by atoms with van der Waals surface area (Å²) in [7, 11) is 0. The van der Waals surface area contributed by atoms with Gasteiger partial charge in [0.1, 0.15) is 12.5 Å². The fourth-order valence-electron chi connectivity index (χ4n) is 2.04. The Morgan fingerprint density at radius 1 is 1.40 bits per heavy atom. The fourth-order valence-corrected chi connectivity index (χ4v) is 2.04. The van der Waals surface area contributed by atoms with Crippen molar-refractivity contribution < 1.29 is 22.7 Å². The molecule has 8 heteroatoms. The zero-order chi connectivity index (χ0) is 14.6. The number of carbonyl (C=O) groups excluding carboxylic acids is 1. The van der Waals surface area contributed by atoms with Crippen LogP contribution < -0.4 is 4.74 Å². The Morgan fingerprint density at radius 3 is 2.75 bits per heavy atom. The second kappa shape index (κ2) is 6.06. The number of aromatic nitrogens is 2. The van der Waals surface area contributed by atoms with E-state index in [0.29, 0.717) is 19.4 Å². The SMILES string of the molecule is O=C(CC(F)(F)F)N1CCC[C@@H](Oc2ncccn2)C1. The molecule has 0 N–H and O–H groups in total. The third kappa shape index (κ3) is 4.36. The maximum absolute atomic E-state index is 12.2. The van der Waals surface area contributed by atoms with E-state index in [1.165, 1.54) is 17.3 Å². The minimum absolute atomic E-state index is 0.132. The van der Waals surface area contributed by atoms with E-state index in [1.54, 1.807) is 6.07 Å². The van der Waals surface area contributed by atoms with Crippen molar-refractivity contribution >= 4 is 5.91 Å². The molecule has 0 radical (unpaired) electrons. The van der Waals surface area contributed by atoms with Crippen LogP contribution in [0.2, 0.25) is 0 Å². The average molecular weight is 289 g/mol. The van der Waals surface area contributed by atoms with Gasteiger partial charge in [0.15, 0.2) is 0 Å². The van der Waals surface area contributed by atoms with Gasteiger partial charge >= 0.3 is 12.2 Å². The number of rotatable bonds is 3. The summed E-state index contributed by atoms with van der Waals surface area (Å²) in [5.41, 5.74) is 0. The van der Waals surface area contributed by atoms with E-state index >= 15 is 0 Å². The minimum atomic E-state index is -4.48. The third-order valence-electron chi connectivity index (χ3n) is 2.90. The van der Waals surface area contributed by atoms with Gasteiger partial charge in [-0.05, 0) is 18.9 Å². The van der Waals surface area contributed by atoms with Crippen molar-refractivity contribution in [3.8, 4) is 6.01 Å². The van der Waals surface area contributed by atoms with Gasteiger partial charge in [0, 0.05) is 18.9 Å². The first-order chi connectivity index (χ1) is 9.44. The molecule has 1 aliphatic rings. The maximum Gasteiger partial charge on any atom is 0.397 e. The van der Waals surface area contributed by atoms with Crippen molar-refractivity contribution in [2.45, 2.75) is 31.5 Å². The molecule has 2 rings (SSSR count). The van der Waals surface area contributed by atoms with Crippen LogP contribution in [0.1, 0.15) is 19.3 Å². The van der Waals surface area contributed by atoms with Crippen LogP contribution in [0, 0.1) is 0 Å². The summed E-state index contributed by atoms with van der Waals surface area (Å²) in [5, 5.41) is 0. The van der Waals surface area contributed by atoms with Crippen molar-refractivity contribution in [2.24, 2.45) is 0 Å². The van der Waals surface area contributed by atoms with Gasteiger partial charge in [0.25, 0.3) is 0 Å². The number of hydrogen-bond donors (Lipinski definition) is 0. The lowest BCUT2D eigenvalue weighted by Crippen LogP contribution is -2.45. The van der Waals surface area contributed by atoms with Crippen LogP contribution in [0.5, 0.6) is 6.01 Å². The van der Waals surface area contributed by atoms with Crippen molar-refractivity contribution in [1.82, 2.24) is 14.9 Å². The van der Waals surface area contributed by atoms with Crippen molar-refractivity contribution in [3.63, 3.8) is 0 Å². The number of amides is 1. The Bertz CT molecular complexity index is 453. The molecule has 2 heterocycles. The van der Waals surface area contributed by atoms with Gasteiger partial charge in [-0.3, -0.25) is 4.79 Å².